The van der Waals surface area contributed by atoms with Crippen molar-refractivity contribution in [2.24, 2.45) is 0 Å². The molecule has 0 saturated carbocycles. The van der Waals surface area contributed by atoms with Crippen LogP contribution in [-0.4, -0.2) is 31.2 Å². The van der Waals surface area contributed by atoms with Gasteiger partial charge in [-0.15, -0.1) is 11.6 Å². The topological polar surface area (TPSA) is 81.8 Å². The Morgan fingerprint density at radius 3 is 2.78 bits per heavy atom. The lowest BCUT2D eigenvalue weighted by Gasteiger charge is -2.08. The average molecular weight is 332 g/mol. The smallest absolute Gasteiger partial charge is 0.272 e. The first kappa shape index (κ1) is 15.2. The van der Waals surface area contributed by atoms with Crippen molar-refractivity contribution in [1.29, 1.82) is 0 Å². The Bertz CT molecular complexity index is 960. The van der Waals surface area contributed by atoms with Crippen molar-refractivity contribution >= 4 is 28.5 Å². The van der Waals surface area contributed by atoms with Gasteiger partial charge in [0, 0.05) is 0 Å². The summed E-state index contributed by atoms with van der Waals surface area (Å²) in [5.74, 6) is -0.733. The summed E-state index contributed by atoms with van der Waals surface area (Å²) in [6.45, 7) is 4.03. The molecule has 0 radical (unpaired) electrons. The second-order valence-electron chi connectivity index (χ2n) is 5.15. The van der Waals surface area contributed by atoms with Crippen molar-refractivity contribution in [2.45, 2.75) is 13.8 Å². The lowest BCUT2D eigenvalue weighted by Crippen LogP contribution is -2.33. The molecule has 118 valence electrons. The Kier molecular flexibility index (Phi) is 3.87. The standard InChI is InChI=1S/C15H14ClN5O2/c1-9-3-4-11(5-10(9)2)21-14-12(7-18-21)15(23)20(8-17-14)19-13(22)6-16/h3-5,7-8H,6H2,1-2H3,(H,19,22). The third kappa shape index (κ3) is 2.70. The molecular formula is C15H14ClN5O2. The van der Waals surface area contributed by atoms with Gasteiger partial charge in [-0.1, -0.05) is 6.07 Å². The predicted octanol–water partition coefficient (Wildman–Crippen LogP) is 1.51. The van der Waals surface area contributed by atoms with Crippen LogP contribution in [0.2, 0.25) is 0 Å². The summed E-state index contributed by atoms with van der Waals surface area (Å²) in [6.07, 6.45) is 2.68. The van der Waals surface area contributed by atoms with Gasteiger partial charge in [-0.25, -0.2) is 14.3 Å². The average Bonchev–Trinajstić information content (AvgIpc) is 2.97. The summed E-state index contributed by atoms with van der Waals surface area (Å²) < 4.78 is 2.59. The van der Waals surface area contributed by atoms with Crippen LogP contribution in [0.5, 0.6) is 0 Å². The van der Waals surface area contributed by atoms with Crippen LogP contribution < -0.4 is 11.0 Å². The van der Waals surface area contributed by atoms with Gasteiger partial charge in [-0.05, 0) is 37.1 Å². The second kappa shape index (κ2) is 5.85. The SMILES string of the molecule is Cc1ccc(-n2ncc3c(=O)n(NC(=O)CCl)cnc32)cc1C. The first-order valence-electron chi connectivity index (χ1n) is 6.90. The molecule has 0 aliphatic rings. The summed E-state index contributed by atoms with van der Waals surface area (Å²) in [7, 11) is 0. The minimum absolute atomic E-state index is 0.244. The minimum Gasteiger partial charge on any atom is -0.272 e. The van der Waals surface area contributed by atoms with Crippen molar-refractivity contribution in [3.8, 4) is 5.69 Å². The number of benzene rings is 1. The molecule has 23 heavy (non-hydrogen) atoms. The van der Waals surface area contributed by atoms with Crippen LogP contribution in [-0.2, 0) is 4.79 Å². The fraction of sp³-hybridized carbons (Fsp3) is 0.200. The Labute approximate surface area is 136 Å². The van der Waals surface area contributed by atoms with Gasteiger partial charge in [0.1, 0.15) is 17.6 Å². The van der Waals surface area contributed by atoms with Crippen molar-refractivity contribution in [3.63, 3.8) is 0 Å². The first-order valence-corrected chi connectivity index (χ1v) is 7.43. The number of aromatic nitrogens is 4. The molecule has 0 unspecified atom stereocenters. The molecule has 2 aromatic heterocycles. The third-order valence-electron chi connectivity index (χ3n) is 3.59. The molecule has 3 rings (SSSR count). The molecule has 0 bridgehead atoms. The molecule has 7 nitrogen and oxygen atoms in total. The summed E-state index contributed by atoms with van der Waals surface area (Å²) in [5.41, 5.74) is 5.47. The molecule has 1 N–H and O–H groups in total. The van der Waals surface area contributed by atoms with Gasteiger partial charge in [-0.2, -0.15) is 5.10 Å². The summed E-state index contributed by atoms with van der Waals surface area (Å²) in [4.78, 5) is 27.9. The van der Waals surface area contributed by atoms with Crippen LogP contribution in [0.3, 0.4) is 0 Å². The molecule has 0 spiro atoms. The molecular weight excluding hydrogens is 318 g/mol. The number of fused-ring (bicyclic) bond motifs is 1. The van der Waals surface area contributed by atoms with Gasteiger partial charge < -0.3 is 0 Å². The minimum atomic E-state index is -0.489. The number of rotatable bonds is 3. The lowest BCUT2D eigenvalue weighted by molar-refractivity contribution is -0.114. The maximum Gasteiger partial charge on any atom is 0.283 e. The van der Waals surface area contributed by atoms with Crippen molar-refractivity contribution in [1.82, 2.24) is 19.4 Å². The molecule has 0 aliphatic heterocycles. The van der Waals surface area contributed by atoms with Crippen LogP contribution in [0.25, 0.3) is 16.7 Å². The largest absolute Gasteiger partial charge is 0.283 e. The molecule has 0 atom stereocenters. The molecule has 0 saturated heterocycles. The fourth-order valence-corrected chi connectivity index (χ4v) is 2.26. The van der Waals surface area contributed by atoms with Gasteiger partial charge in [0.15, 0.2) is 5.65 Å². The highest BCUT2D eigenvalue weighted by Gasteiger charge is 2.12. The van der Waals surface area contributed by atoms with Crippen LogP contribution in [0.1, 0.15) is 11.1 Å². The number of nitrogens with zero attached hydrogens (tertiary/aromatic N) is 4. The van der Waals surface area contributed by atoms with E-state index in [-0.39, 0.29) is 5.88 Å². The normalized spacial score (nSPS) is 10.9. The van der Waals surface area contributed by atoms with Crippen molar-refractivity contribution in [2.75, 3.05) is 11.3 Å². The highest BCUT2D eigenvalue weighted by Crippen LogP contribution is 2.16. The number of amides is 1. The van der Waals surface area contributed by atoms with E-state index in [1.54, 1.807) is 4.68 Å². The van der Waals surface area contributed by atoms with Crippen molar-refractivity contribution < 1.29 is 4.79 Å². The lowest BCUT2D eigenvalue weighted by atomic mass is 10.1. The number of carbonyl (C=O) groups is 1. The number of hydrogen-bond donors (Lipinski definition) is 1. The molecule has 1 aromatic carbocycles. The van der Waals surface area contributed by atoms with E-state index in [2.05, 4.69) is 15.5 Å². The number of aryl methyl sites for hydroxylation is 2. The number of alkyl halides is 1. The van der Waals surface area contributed by atoms with Gasteiger partial charge in [0.05, 0.1) is 11.9 Å². The third-order valence-corrected chi connectivity index (χ3v) is 3.83. The molecule has 1 amide bonds. The van der Waals surface area contributed by atoms with Crippen LogP contribution >= 0.6 is 11.6 Å². The van der Waals surface area contributed by atoms with Crippen molar-refractivity contribution in [3.05, 3.63) is 52.2 Å². The van der Waals surface area contributed by atoms with Crippen LogP contribution in [0, 0.1) is 13.8 Å². The number of nitrogens with one attached hydrogen (secondary N) is 1. The zero-order chi connectivity index (χ0) is 16.6. The second-order valence-corrected chi connectivity index (χ2v) is 5.42. The Morgan fingerprint density at radius 1 is 1.30 bits per heavy atom. The molecule has 0 fully saturated rings. The highest BCUT2D eigenvalue weighted by molar-refractivity contribution is 6.28. The molecule has 2 heterocycles. The van der Waals surface area contributed by atoms with E-state index >= 15 is 0 Å². The van der Waals surface area contributed by atoms with E-state index in [0.717, 1.165) is 15.9 Å². The predicted molar refractivity (Wildman–Crippen MR) is 87.7 cm³/mol. The Morgan fingerprint density at radius 2 is 2.09 bits per heavy atom. The van der Waals surface area contributed by atoms with E-state index in [9.17, 15) is 9.59 Å². The Balaban J connectivity index is 2.11. The number of hydrogen-bond acceptors (Lipinski definition) is 4. The van der Waals surface area contributed by atoms with E-state index < -0.39 is 11.5 Å². The fourth-order valence-electron chi connectivity index (χ4n) is 2.20. The zero-order valence-corrected chi connectivity index (χ0v) is 13.3. The van der Waals surface area contributed by atoms with E-state index in [0.29, 0.717) is 11.0 Å². The van der Waals surface area contributed by atoms with Gasteiger partial charge in [0.25, 0.3) is 11.5 Å². The molecule has 0 aliphatic carbocycles. The van der Waals surface area contributed by atoms with Gasteiger partial charge in [0.2, 0.25) is 0 Å². The van der Waals surface area contributed by atoms with Gasteiger partial charge in [-0.3, -0.25) is 15.0 Å². The summed E-state index contributed by atoms with van der Waals surface area (Å²) >= 11 is 5.42. The maximum absolute atomic E-state index is 12.4. The maximum atomic E-state index is 12.4. The van der Waals surface area contributed by atoms with E-state index in [1.807, 2.05) is 32.0 Å². The van der Waals surface area contributed by atoms with Crippen LogP contribution in [0.4, 0.5) is 0 Å². The first-order chi connectivity index (χ1) is 11.0. The summed E-state index contributed by atoms with van der Waals surface area (Å²) in [5, 5.41) is 4.55. The van der Waals surface area contributed by atoms with Gasteiger partial charge >= 0.3 is 0 Å². The monoisotopic (exact) mass is 331 g/mol. The van der Waals surface area contributed by atoms with E-state index in [4.69, 9.17) is 11.6 Å². The number of halogens is 1. The Hall–Kier alpha value is -2.67. The molecule has 8 heteroatoms. The quantitative estimate of drug-likeness (QED) is 0.737. The van der Waals surface area contributed by atoms with Crippen LogP contribution in [0.15, 0.2) is 35.5 Å². The number of carbonyl (C=O) groups excluding carboxylic acids is 1. The summed E-state index contributed by atoms with van der Waals surface area (Å²) in [6, 6.07) is 5.88. The zero-order valence-electron chi connectivity index (χ0n) is 12.6. The van der Waals surface area contributed by atoms with E-state index in [1.165, 1.54) is 18.1 Å². The molecule has 3 aromatic rings. The highest BCUT2D eigenvalue weighted by atomic mass is 35.5.